The summed E-state index contributed by atoms with van der Waals surface area (Å²) in [5.41, 5.74) is 7.48. The highest BCUT2D eigenvalue weighted by Crippen LogP contribution is 2.15. The number of amides is 1. The highest BCUT2D eigenvalue weighted by Gasteiger charge is 1.94. The lowest BCUT2D eigenvalue weighted by Crippen LogP contribution is -2.29. The molecule has 5 heteroatoms. The summed E-state index contributed by atoms with van der Waals surface area (Å²) >= 11 is 0. The number of fused-ring (bicyclic) bond motifs is 1. The van der Waals surface area contributed by atoms with E-state index in [0.717, 1.165) is 7.11 Å². The Morgan fingerprint density at radius 2 is 2.00 bits per heavy atom. The lowest BCUT2D eigenvalue weighted by Gasteiger charge is -1.93. The quantitative estimate of drug-likeness (QED) is 0.657. The summed E-state index contributed by atoms with van der Waals surface area (Å²) in [4.78, 5) is 13.4. The van der Waals surface area contributed by atoms with Crippen LogP contribution in [0.15, 0.2) is 30.5 Å². The van der Waals surface area contributed by atoms with Gasteiger partial charge in [-0.3, -0.25) is 4.79 Å². The Hall–Kier alpha value is -1.85. The summed E-state index contributed by atoms with van der Waals surface area (Å²) in [7, 11) is 1.00. The number of H-pyrrole nitrogens is 1. The van der Waals surface area contributed by atoms with Crippen molar-refractivity contribution < 1.29 is 9.90 Å². The molecule has 2 rings (SSSR count). The van der Waals surface area contributed by atoms with Crippen LogP contribution in [0.5, 0.6) is 0 Å². The number of benzene rings is 1. The molecule has 0 fully saturated rings. The molecule has 0 bridgehead atoms. The summed E-state index contributed by atoms with van der Waals surface area (Å²) in [5.74, 6) is -0.0949. The molecule has 5 N–H and O–H groups in total. The van der Waals surface area contributed by atoms with E-state index >= 15 is 0 Å². The van der Waals surface area contributed by atoms with E-state index < -0.39 is 0 Å². The van der Waals surface area contributed by atoms with Crippen LogP contribution in [0.2, 0.25) is 0 Å². The van der Waals surface area contributed by atoms with Crippen molar-refractivity contribution >= 4 is 16.8 Å². The minimum atomic E-state index is -0.0949. The number of aromatic nitrogens is 1. The zero-order chi connectivity index (χ0) is 14.7. The second-order valence-electron chi connectivity index (χ2n) is 3.67. The largest absolute Gasteiger partial charge is 0.400 e. The molecule has 1 aromatic heterocycles. The molecule has 19 heavy (non-hydrogen) atoms. The number of para-hydroxylation sites is 1. The first kappa shape index (κ1) is 17.2. The number of rotatable bonds is 2. The third-order valence-corrected chi connectivity index (χ3v) is 2.36. The number of nitrogens with two attached hydrogens (primary N) is 1. The van der Waals surface area contributed by atoms with Gasteiger partial charge in [0.05, 0.1) is 6.54 Å². The Balaban J connectivity index is 0.000000321. The maximum Gasteiger partial charge on any atom is 0.233 e. The van der Waals surface area contributed by atoms with Gasteiger partial charge in [0.1, 0.15) is 0 Å². The topological polar surface area (TPSA) is 91.1 Å². The third-order valence-electron chi connectivity index (χ3n) is 2.36. The molecule has 2 aromatic rings. The van der Waals surface area contributed by atoms with Crippen molar-refractivity contribution in [3.8, 4) is 0 Å². The Kier molecular flexibility index (Phi) is 9.12. The van der Waals surface area contributed by atoms with E-state index in [-0.39, 0.29) is 12.5 Å². The van der Waals surface area contributed by atoms with Gasteiger partial charge in [-0.2, -0.15) is 0 Å². The molecule has 0 aliphatic carbocycles. The van der Waals surface area contributed by atoms with Crippen LogP contribution >= 0.6 is 0 Å². The van der Waals surface area contributed by atoms with Gasteiger partial charge in [0.2, 0.25) is 5.91 Å². The molecule has 5 nitrogen and oxygen atoms in total. The smallest absolute Gasteiger partial charge is 0.233 e. The number of nitrogens with one attached hydrogen (secondary N) is 2. The van der Waals surface area contributed by atoms with Crippen LogP contribution < -0.4 is 11.1 Å². The van der Waals surface area contributed by atoms with Crippen molar-refractivity contribution in [1.29, 1.82) is 0 Å². The van der Waals surface area contributed by atoms with E-state index in [1.807, 2.05) is 19.2 Å². The summed E-state index contributed by atoms with van der Waals surface area (Å²) in [6.45, 7) is 4.72. The van der Waals surface area contributed by atoms with Crippen molar-refractivity contribution in [1.82, 2.24) is 10.3 Å². The molecule has 0 aliphatic rings. The molecule has 0 spiro atoms. The van der Waals surface area contributed by atoms with Gasteiger partial charge >= 0.3 is 0 Å². The maximum absolute atomic E-state index is 10.2. The number of aliphatic hydroxyl groups is 1. The van der Waals surface area contributed by atoms with Gasteiger partial charge in [-0.25, -0.2) is 0 Å². The Bertz CT molecular complexity index is 480. The molecule has 1 aromatic carbocycles. The average Bonchev–Trinajstić information content (AvgIpc) is 2.84. The van der Waals surface area contributed by atoms with Crippen molar-refractivity contribution in [2.24, 2.45) is 5.73 Å². The van der Waals surface area contributed by atoms with Crippen molar-refractivity contribution in [3.05, 3.63) is 36.0 Å². The molecule has 0 saturated heterocycles. The number of aryl methyl sites for hydroxylation is 1. The predicted molar refractivity (Wildman–Crippen MR) is 78.9 cm³/mol. The zero-order valence-electron chi connectivity index (χ0n) is 11.7. The van der Waals surface area contributed by atoms with Gasteiger partial charge in [0.25, 0.3) is 0 Å². The monoisotopic (exact) mass is 265 g/mol. The standard InChI is InChI=1S/C9H9N.C4H10N2O.CH4O/c1-7-6-10-9-5-3-2-4-8(7)9;1-2-6-4(7)3-5;1-2/h2-6,10H,1H3;2-3,5H2,1H3,(H,6,7);2H,1H3. The second-order valence-corrected chi connectivity index (χ2v) is 3.67. The Labute approximate surface area is 113 Å². The maximum atomic E-state index is 10.2. The van der Waals surface area contributed by atoms with E-state index in [1.54, 1.807) is 0 Å². The SMILES string of the molecule is CCNC(=O)CN.CO.Cc1c[nH]c2ccccc12. The van der Waals surface area contributed by atoms with Gasteiger partial charge in [-0.1, -0.05) is 18.2 Å². The number of aromatic amines is 1. The number of hydrogen-bond donors (Lipinski definition) is 4. The summed E-state index contributed by atoms with van der Waals surface area (Å²) in [5, 5.41) is 10.9. The van der Waals surface area contributed by atoms with Gasteiger partial charge in [-0.15, -0.1) is 0 Å². The first-order valence-corrected chi connectivity index (χ1v) is 6.13. The van der Waals surface area contributed by atoms with Crippen LogP contribution in [-0.2, 0) is 4.79 Å². The molecule has 1 heterocycles. The van der Waals surface area contributed by atoms with E-state index in [0.29, 0.717) is 6.54 Å². The number of aliphatic hydroxyl groups excluding tert-OH is 1. The van der Waals surface area contributed by atoms with Gasteiger partial charge in [-0.05, 0) is 25.5 Å². The Morgan fingerprint density at radius 3 is 2.47 bits per heavy atom. The van der Waals surface area contributed by atoms with E-state index in [9.17, 15) is 4.79 Å². The fourth-order valence-corrected chi connectivity index (χ4v) is 1.49. The molecule has 0 aliphatic heterocycles. The van der Waals surface area contributed by atoms with Crippen LogP contribution in [0.25, 0.3) is 10.9 Å². The zero-order valence-corrected chi connectivity index (χ0v) is 11.7. The predicted octanol–water partition coefficient (Wildman–Crippen LogP) is 1.17. The minimum absolute atomic E-state index is 0.0911. The normalized spacial score (nSPS) is 8.89. The van der Waals surface area contributed by atoms with Gasteiger partial charge < -0.3 is 21.1 Å². The van der Waals surface area contributed by atoms with E-state index in [1.165, 1.54) is 16.5 Å². The van der Waals surface area contributed by atoms with Crippen molar-refractivity contribution in [3.63, 3.8) is 0 Å². The van der Waals surface area contributed by atoms with Gasteiger partial charge in [0, 0.05) is 30.8 Å². The van der Waals surface area contributed by atoms with Crippen LogP contribution in [0, 0.1) is 6.92 Å². The molecular weight excluding hydrogens is 242 g/mol. The second kappa shape index (κ2) is 10.1. The van der Waals surface area contributed by atoms with Crippen molar-refractivity contribution in [2.45, 2.75) is 13.8 Å². The lowest BCUT2D eigenvalue weighted by atomic mass is 10.2. The fraction of sp³-hybridized carbons (Fsp3) is 0.357. The first-order valence-electron chi connectivity index (χ1n) is 6.13. The van der Waals surface area contributed by atoms with E-state index in [4.69, 9.17) is 10.8 Å². The van der Waals surface area contributed by atoms with Crippen LogP contribution in [0.3, 0.4) is 0 Å². The Morgan fingerprint density at radius 1 is 1.37 bits per heavy atom. The van der Waals surface area contributed by atoms with Crippen LogP contribution in [-0.4, -0.2) is 36.2 Å². The highest BCUT2D eigenvalue weighted by molar-refractivity contribution is 5.82. The fourth-order valence-electron chi connectivity index (χ4n) is 1.49. The lowest BCUT2D eigenvalue weighted by molar-refractivity contribution is -0.119. The number of carbonyl (C=O) groups is 1. The first-order chi connectivity index (χ1) is 9.19. The number of carbonyl (C=O) groups excluding carboxylic acids is 1. The summed E-state index contributed by atoms with van der Waals surface area (Å²) < 4.78 is 0. The number of hydrogen-bond acceptors (Lipinski definition) is 3. The molecule has 0 saturated carbocycles. The van der Waals surface area contributed by atoms with E-state index in [2.05, 4.69) is 35.4 Å². The molecule has 0 radical (unpaired) electrons. The molecular formula is C14H23N3O2. The van der Waals surface area contributed by atoms with Crippen LogP contribution in [0.1, 0.15) is 12.5 Å². The number of likely N-dealkylation sites (N-methyl/N-ethyl adjacent to an activating group) is 1. The molecule has 106 valence electrons. The average molecular weight is 265 g/mol. The molecule has 1 amide bonds. The third kappa shape index (κ3) is 6.03. The van der Waals surface area contributed by atoms with Gasteiger partial charge in [0.15, 0.2) is 0 Å². The summed E-state index contributed by atoms with van der Waals surface area (Å²) in [6.07, 6.45) is 2.03. The summed E-state index contributed by atoms with van der Waals surface area (Å²) in [6, 6.07) is 8.31. The van der Waals surface area contributed by atoms with Crippen LogP contribution in [0.4, 0.5) is 0 Å². The molecule has 0 atom stereocenters. The highest BCUT2D eigenvalue weighted by atomic mass is 16.2. The minimum Gasteiger partial charge on any atom is -0.400 e. The van der Waals surface area contributed by atoms with Crippen molar-refractivity contribution in [2.75, 3.05) is 20.2 Å². The molecule has 0 unspecified atom stereocenters.